The molecule has 1 unspecified atom stereocenters. The van der Waals surface area contributed by atoms with E-state index in [2.05, 4.69) is 6.92 Å². The first kappa shape index (κ1) is 12.4. The lowest BCUT2D eigenvalue weighted by molar-refractivity contribution is -0.146. The smallest absolute Gasteiger partial charge is 0.308 e. The van der Waals surface area contributed by atoms with Crippen LogP contribution in [0.2, 0.25) is 0 Å². The van der Waals surface area contributed by atoms with Crippen molar-refractivity contribution in [3.63, 3.8) is 0 Å². The van der Waals surface area contributed by atoms with E-state index >= 15 is 0 Å². The lowest BCUT2D eigenvalue weighted by atomic mass is 10.3. The normalized spacial score (nSPS) is 12.5. The quantitative estimate of drug-likeness (QED) is 0.453. The van der Waals surface area contributed by atoms with Gasteiger partial charge in [-0.3, -0.25) is 4.79 Å². The first-order valence-corrected chi connectivity index (χ1v) is 4.97. The third-order valence-corrected chi connectivity index (χ3v) is 1.66. The van der Waals surface area contributed by atoms with Gasteiger partial charge in [0.1, 0.15) is 0 Å². The van der Waals surface area contributed by atoms with Crippen LogP contribution in [-0.4, -0.2) is 25.3 Å². The van der Waals surface area contributed by atoms with E-state index < -0.39 is 0 Å². The SMILES string of the molecule is CCCCOC(C)CC(=O)OCC. The first-order valence-electron chi connectivity index (χ1n) is 4.97. The van der Waals surface area contributed by atoms with Crippen molar-refractivity contribution in [2.75, 3.05) is 13.2 Å². The topological polar surface area (TPSA) is 35.5 Å². The molecule has 0 saturated carbocycles. The Balaban J connectivity index is 3.38. The molecule has 0 heterocycles. The van der Waals surface area contributed by atoms with E-state index in [0.717, 1.165) is 19.4 Å². The standard InChI is InChI=1S/C10H20O3/c1-4-6-7-13-9(3)8-10(11)12-5-2/h9H,4-8H2,1-3H3. The molecule has 0 spiro atoms. The molecule has 0 N–H and O–H groups in total. The van der Waals surface area contributed by atoms with Gasteiger partial charge >= 0.3 is 5.97 Å². The summed E-state index contributed by atoms with van der Waals surface area (Å²) in [5.74, 6) is -0.175. The highest BCUT2D eigenvalue weighted by atomic mass is 16.5. The third-order valence-electron chi connectivity index (χ3n) is 1.66. The zero-order valence-corrected chi connectivity index (χ0v) is 8.84. The zero-order chi connectivity index (χ0) is 10.1. The predicted molar refractivity (Wildman–Crippen MR) is 51.6 cm³/mol. The number of rotatable bonds is 7. The van der Waals surface area contributed by atoms with Crippen LogP contribution in [0.25, 0.3) is 0 Å². The summed E-state index contributed by atoms with van der Waals surface area (Å²) in [6.07, 6.45) is 2.50. The Bertz CT molecular complexity index is 134. The van der Waals surface area contributed by atoms with Crippen LogP contribution >= 0.6 is 0 Å². The van der Waals surface area contributed by atoms with Crippen molar-refractivity contribution in [2.45, 2.75) is 46.1 Å². The predicted octanol–water partition coefficient (Wildman–Crippen LogP) is 2.14. The van der Waals surface area contributed by atoms with Crippen LogP contribution in [0.4, 0.5) is 0 Å². The fraction of sp³-hybridized carbons (Fsp3) is 0.900. The summed E-state index contributed by atoms with van der Waals surface area (Å²) in [5, 5.41) is 0. The van der Waals surface area contributed by atoms with Crippen LogP contribution in [0.15, 0.2) is 0 Å². The molecule has 1 atom stereocenters. The molecule has 3 nitrogen and oxygen atoms in total. The number of esters is 1. The maximum atomic E-state index is 11.0. The number of hydrogen-bond acceptors (Lipinski definition) is 3. The second-order valence-corrected chi connectivity index (χ2v) is 3.04. The van der Waals surface area contributed by atoms with Crippen molar-refractivity contribution in [2.24, 2.45) is 0 Å². The summed E-state index contributed by atoms with van der Waals surface area (Å²) >= 11 is 0. The van der Waals surface area contributed by atoms with Crippen LogP contribution in [0.5, 0.6) is 0 Å². The summed E-state index contributed by atoms with van der Waals surface area (Å²) in [7, 11) is 0. The Hall–Kier alpha value is -0.570. The molecule has 0 aliphatic rings. The van der Waals surface area contributed by atoms with Gasteiger partial charge in [0.2, 0.25) is 0 Å². The van der Waals surface area contributed by atoms with E-state index in [4.69, 9.17) is 9.47 Å². The van der Waals surface area contributed by atoms with Crippen molar-refractivity contribution in [3.8, 4) is 0 Å². The third kappa shape index (κ3) is 7.78. The average Bonchev–Trinajstić information content (AvgIpc) is 2.05. The minimum absolute atomic E-state index is 0.0226. The van der Waals surface area contributed by atoms with Gasteiger partial charge in [0.25, 0.3) is 0 Å². The Morgan fingerprint density at radius 2 is 2.08 bits per heavy atom. The minimum atomic E-state index is -0.175. The summed E-state index contributed by atoms with van der Waals surface area (Å²) in [6.45, 7) is 6.99. The maximum absolute atomic E-state index is 11.0. The highest BCUT2D eigenvalue weighted by molar-refractivity contribution is 5.69. The first-order chi connectivity index (χ1) is 6.20. The molecule has 0 aromatic carbocycles. The number of hydrogen-bond donors (Lipinski definition) is 0. The Morgan fingerprint density at radius 1 is 1.38 bits per heavy atom. The van der Waals surface area contributed by atoms with E-state index in [-0.39, 0.29) is 12.1 Å². The number of unbranched alkanes of at least 4 members (excludes halogenated alkanes) is 1. The van der Waals surface area contributed by atoms with E-state index in [0.29, 0.717) is 13.0 Å². The van der Waals surface area contributed by atoms with Crippen molar-refractivity contribution in [3.05, 3.63) is 0 Å². The van der Waals surface area contributed by atoms with E-state index in [9.17, 15) is 4.79 Å². The van der Waals surface area contributed by atoms with Crippen LogP contribution in [0.3, 0.4) is 0 Å². The van der Waals surface area contributed by atoms with Gasteiger partial charge < -0.3 is 9.47 Å². The average molecular weight is 188 g/mol. The van der Waals surface area contributed by atoms with Crippen molar-refractivity contribution in [1.29, 1.82) is 0 Å². The van der Waals surface area contributed by atoms with Crippen LogP contribution < -0.4 is 0 Å². The van der Waals surface area contributed by atoms with Crippen LogP contribution in [0, 0.1) is 0 Å². The summed E-state index contributed by atoms with van der Waals surface area (Å²) in [5.41, 5.74) is 0. The lowest BCUT2D eigenvalue weighted by Crippen LogP contribution is -2.16. The molecule has 0 amide bonds. The molecule has 0 bridgehead atoms. The molecule has 0 radical (unpaired) electrons. The number of ether oxygens (including phenoxy) is 2. The van der Waals surface area contributed by atoms with E-state index in [1.807, 2.05) is 6.92 Å². The molecule has 0 aromatic heterocycles. The molecule has 0 aromatic rings. The minimum Gasteiger partial charge on any atom is -0.466 e. The number of carbonyl (C=O) groups excluding carboxylic acids is 1. The Morgan fingerprint density at radius 3 is 2.62 bits per heavy atom. The van der Waals surface area contributed by atoms with Gasteiger partial charge in [0, 0.05) is 6.61 Å². The van der Waals surface area contributed by atoms with Crippen molar-refractivity contribution >= 4 is 5.97 Å². The summed E-state index contributed by atoms with van der Waals surface area (Å²) in [4.78, 5) is 11.0. The Kier molecular flexibility index (Phi) is 7.69. The largest absolute Gasteiger partial charge is 0.466 e. The molecule has 0 aliphatic carbocycles. The second-order valence-electron chi connectivity index (χ2n) is 3.04. The highest BCUT2D eigenvalue weighted by Gasteiger charge is 2.09. The molecule has 0 saturated heterocycles. The molecular formula is C10H20O3. The summed E-state index contributed by atoms with van der Waals surface area (Å²) in [6, 6.07) is 0. The fourth-order valence-corrected chi connectivity index (χ4v) is 0.942. The van der Waals surface area contributed by atoms with E-state index in [1.54, 1.807) is 6.92 Å². The summed E-state index contributed by atoms with van der Waals surface area (Å²) < 4.78 is 10.2. The van der Waals surface area contributed by atoms with Crippen LogP contribution in [-0.2, 0) is 14.3 Å². The van der Waals surface area contributed by atoms with Gasteiger partial charge in [0.15, 0.2) is 0 Å². The van der Waals surface area contributed by atoms with Crippen LogP contribution in [0.1, 0.15) is 40.0 Å². The molecule has 3 heteroatoms. The highest BCUT2D eigenvalue weighted by Crippen LogP contribution is 2.01. The fourth-order valence-electron chi connectivity index (χ4n) is 0.942. The van der Waals surface area contributed by atoms with Gasteiger partial charge in [0.05, 0.1) is 19.1 Å². The maximum Gasteiger partial charge on any atom is 0.308 e. The molecular weight excluding hydrogens is 168 g/mol. The van der Waals surface area contributed by atoms with E-state index in [1.165, 1.54) is 0 Å². The van der Waals surface area contributed by atoms with Gasteiger partial charge in [-0.15, -0.1) is 0 Å². The van der Waals surface area contributed by atoms with Crippen molar-refractivity contribution < 1.29 is 14.3 Å². The van der Waals surface area contributed by atoms with Gasteiger partial charge in [-0.1, -0.05) is 13.3 Å². The number of carbonyl (C=O) groups is 1. The van der Waals surface area contributed by atoms with Gasteiger partial charge in [-0.2, -0.15) is 0 Å². The Labute approximate surface area is 80.4 Å². The molecule has 0 aliphatic heterocycles. The van der Waals surface area contributed by atoms with Gasteiger partial charge in [-0.05, 0) is 20.3 Å². The van der Waals surface area contributed by atoms with Gasteiger partial charge in [-0.25, -0.2) is 0 Å². The second kappa shape index (κ2) is 8.05. The molecule has 0 rings (SSSR count). The molecule has 13 heavy (non-hydrogen) atoms. The van der Waals surface area contributed by atoms with Crippen molar-refractivity contribution in [1.82, 2.24) is 0 Å². The lowest BCUT2D eigenvalue weighted by Gasteiger charge is -2.11. The molecule has 78 valence electrons. The zero-order valence-electron chi connectivity index (χ0n) is 8.84. The monoisotopic (exact) mass is 188 g/mol. The molecule has 0 fully saturated rings.